The van der Waals surface area contributed by atoms with Crippen molar-refractivity contribution in [3.63, 3.8) is 0 Å². The summed E-state index contributed by atoms with van der Waals surface area (Å²) in [5.74, 6) is 1.60. The van der Waals surface area contributed by atoms with E-state index in [1.165, 1.54) is 0 Å². The van der Waals surface area contributed by atoms with Crippen LogP contribution in [-0.2, 0) is 6.61 Å². The first-order valence-corrected chi connectivity index (χ1v) is 7.80. The predicted molar refractivity (Wildman–Crippen MR) is 92.1 cm³/mol. The Hall–Kier alpha value is -2.55. The average Bonchev–Trinajstić information content (AvgIpc) is 2.57. The van der Waals surface area contributed by atoms with Gasteiger partial charge in [0.05, 0.1) is 5.39 Å². The highest BCUT2D eigenvalue weighted by Gasteiger charge is 2.13. The largest absolute Gasteiger partial charge is 0.489 e. The zero-order valence-electron chi connectivity index (χ0n) is 13.6. The Bertz CT molecular complexity index is 877. The Morgan fingerprint density at radius 2 is 1.78 bits per heavy atom. The van der Waals surface area contributed by atoms with Gasteiger partial charge in [-0.25, -0.2) is 4.79 Å². The molecular formula is C20H20O3. The van der Waals surface area contributed by atoms with Crippen LogP contribution in [0.5, 0.6) is 5.75 Å². The summed E-state index contributed by atoms with van der Waals surface area (Å²) in [6.07, 6.45) is 0. The summed E-state index contributed by atoms with van der Waals surface area (Å²) >= 11 is 0. The van der Waals surface area contributed by atoms with Crippen LogP contribution < -0.4 is 10.4 Å². The van der Waals surface area contributed by atoms with Crippen LogP contribution in [-0.4, -0.2) is 0 Å². The molecule has 0 aliphatic rings. The second-order valence-corrected chi connectivity index (χ2v) is 6.02. The van der Waals surface area contributed by atoms with Crippen LogP contribution in [0.15, 0.2) is 57.7 Å². The van der Waals surface area contributed by atoms with Crippen LogP contribution in [0.4, 0.5) is 0 Å². The van der Waals surface area contributed by atoms with Crippen molar-refractivity contribution < 1.29 is 9.15 Å². The first-order valence-electron chi connectivity index (χ1n) is 7.80. The molecule has 0 aliphatic carbocycles. The highest BCUT2D eigenvalue weighted by Crippen LogP contribution is 2.27. The van der Waals surface area contributed by atoms with E-state index in [4.69, 9.17) is 9.15 Å². The Morgan fingerprint density at radius 3 is 2.48 bits per heavy atom. The molecule has 0 spiro atoms. The van der Waals surface area contributed by atoms with Gasteiger partial charge in [-0.1, -0.05) is 50.2 Å². The van der Waals surface area contributed by atoms with Crippen LogP contribution in [0, 0.1) is 6.92 Å². The normalized spacial score (nSPS) is 11.1. The summed E-state index contributed by atoms with van der Waals surface area (Å²) in [4.78, 5) is 12.3. The van der Waals surface area contributed by atoms with Crippen molar-refractivity contribution in [1.82, 2.24) is 0 Å². The van der Waals surface area contributed by atoms with Gasteiger partial charge in [0.15, 0.2) is 0 Å². The molecule has 0 unspecified atom stereocenters. The van der Waals surface area contributed by atoms with Gasteiger partial charge < -0.3 is 9.15 Å². The summed E-state index contributed by atoms with van der Waals surface area (Å²) in [5.41, 5.74) is 1.80. The molecule has 2 aromatic carbocycles. The van der Waals surface area contributed by atoms with E-state index in [9.17, 15) is 4.79 Å². The zero-order chi connectivity index (χ0) is 16.4. The molecule has 1 heterocycles. The summed E-state index contributed by atoms with van der Waals surface area (Å²) in [6.45, 7) is 6.51. The monoisotopic (exact) mass is 308 g/mol. The molecule has 3 rings (SSSR count). The van der Waals surface area contributed by atoms with Crippen LogP contribution in [0.1, 0.15) is 36.7 Å². The van der Waals surface area contributed by atoms with E-state index in [-0.39, 0.29) is 11.5 Å². The second-order valence-electron chi connectivity index (χ2n) is 6.02. The second kappa shape index (κ2) is 6.29. The minimum absolute atomic E-state index is 0.182. The fourth-order valence-electron chi connectivity index (χ4n) is 2.76. The first kappa shape index (κ1) is 15.3. The van der Waals surface area contributed by atoms with Gasteiger partial charge in [0.1, 0.15) is 18.1 Å². The van der Waals surface area contributed by atoms with E-state index < -0.39 is 0 Å². The smallest absolute Gasteiger partial charge is 0.343 e. The number of ether oxygens (including phenoxy) is 1. The third-order valence-corrected chi connectivity index (χ3v) is 3.96. The molecule has 0 bridgehead atoms. The summed E-state index contributed by atoms with van der Waals surface area (Å²) in [7, 11) is 0. The molecule has 118 valence electrons. The van der Waals surface area contributed by atoms with E-state index in [0.29, 0.717) is 17.7 Å². The Morgan fingerprint density at radius 1 is 1.04 bits per heavy atom. The first-order chi connectivity index (χ1) is 11.1. The highest BCUT2D eigenvalue weighted by molar-refractivity contribution is 5.86. The Labute approximate surface area is 135 Å². The van der Waals surface area contributed by atoms with Crippen LogP contribution in [0.2, 0.25) is 0 Å². The molecule has 0 amide bonds. The zero-order valence-corrected chi connectivity index (χ0v) is 13.6. The molecule has 0 aliphatic heterocycles. The summed E-state index contributed by atoms with van der Waals surface area (Å²) in [5, 5.41) is 1.49. The maximum Gasteiger partial charge on any atom is 0.343 e. The molecule has 0 atom stereocenters. The molecule has 3 heteroatoms. The van der Waals surface area contributed by atoms with E-state index in [1.807, 2.05) is 63.2 Å². The van der Waals surface area contributed by atoms with E-state index >= 15 is 0 Å². The maximum atomic E-state index is 12.3. The summed E-state index contributed by atoms with van der Waals surface area (Å²) in [6, 6.07) is 15.6. The maximum absolute atomic E-state index is 12.3. The Kier molecular flexibility index (Phi) is 4.20. The lowest BCUT2D eigenvalue weighted by atomic mass is 10.0. The standard InChI is InChI=1S/C20H20O3/c1-13(2)19-14(3)17-10-9-16(11-18(17)20(21)23-19)22-12-15-7-5-4-6-8-15/h4-11,13H,12H2,1-3H3. The van der Waals surface area contributed by atoms with Gasteiger partial charge in [0.2, 0.25) is 0 Å². The van der Waals surface area contributed by atoms with Gasteiger partial charge in [-0.2, -0.15) is 0 Å². The predicted octanol–water partition coefficient (Wildman–Crippen LogP) is 4.80. The Balaban J connectivity index is 1.95. The number of hydrogen-bond donors (Lipinski definition) is 0. The molecule has 0 N–H and O–H groups in total. The average molecular weight is 308 g/mol. The fraction of sp³-hybridized carbons (Fsp3) is 0.250. The fourth-order valence-corrected chi connectivity index (χ4v) is 2.76. The van der Waals surface area contributed by atoms with Crippen LogP contribution in [0.25, 0.3) is 10.8 Å². The van der Waals surface area contributed by atoms with Gasteiger partial charge in [0, 0.05) is 5.92 Å². The molecule has 3 aromatic rings. The van der Waals surface area contributed by atoms with Crippen molar-refractivity contribution in [3.8, 4) is 5.75 Å². The van der Waals surface area contributed by atoms with Crippen molar-refractivity contribution in [3.05, 3.63) is 75.8 Å². The topological polar surface area (TPSA) is 39.4 Å². The van der Waals surface area contributed by atoms with Gasteiger partial charge in [-0.3, -0.25) is 0 Å². The van der Waals surface area contributed by atoms with Crippen molar-refractivity contribution in [1.29, 1.82) is 0 Å². The SMILES string of the molecule is Cc1c(C(C)C)oc(=O)c2cc(OCc3ccccc3)ccc12. The van der Waals surface area contributed by atoms with E-state index in [2.05, 4.69) is 0 Å². The molecule has 3 nitrogen and oxygen atoms in total. The van der Waals surface area contributed by atoms with E-state index in [1.54, 1.807) is 6.07 Å². The minimum atomic E-state index is -0.306. The van der Waals surface area contributed by atoms with Crippen LogP contribution >= 0.6 is 0 Å². The number of fused-ring (bicyclic) bond motifs is 1. The lowest BCUT2D eigenvalue weighted by molar-refractivity contribution is 0.306. The molecular weight excluding hydrogens is 288 g/mol. The quantitative estimate of drug-likeness (QED) is 0.694. The van der Waals surface area contributed by atoms with Gasteiger partial charge in [-0.15, -0.1) is 0 Å². The third kappa shape index (κ3) is 3.14. The van der Waals surface area contributed by atoms with Crippen LogP contribution in [0.3, 0.4) is 0 Å². The molecule has 0 radical (unpaired) electrons. The molecule has 1 aromatic heterocycles. The lowest BCUT2D eigenvalue weighted by Gasteiger charge is -2.12. The van der Waals surface area contributed by atoms with Gasteiger partial charge >= 0.3 is 5.63 Å². The van der Waals surface area contributed by atoms with Gasteiger partial charge in [0.25, 0.3) is 0 Å². The van der Waals surface area contributed by atoms with Gasteiger partial charge in [-0.05, 0) is 35.6 Å². The van der Waals surface area contributed by atoms with Crippen molar-refractivity contribution in [2.75, 3.05) is 0 Å². The molecule has 0 saturated heterocycles. The lowest BCUT2D eigenvalue weighted by Crippen LogP contribution is -2.06. The van der Waals surface area contributed by atoms with Crippen molar-refractivity contribution in [2.24, 2.45) is 0 Å². The number of benzene rings is 2. The number of rotatable bonds is 4. The number of hydrogen-bond acceptors (Lipinski definition) is 3. The molecule has 0 saturated carbocycles. The molecule has 0 fully saturated rings. The highest BCUT2D eigenvalue weighted by atomic mass is 16.5. The van der Waals surface area contributed by atoms with Crippen molar-refractivity contribution >= 4 is 10.8 Å². The van der Waals surface area contributed by atoms with Crippen molar-refractivity contribution in [2.45, 2.75) is 33.3 Å². The molecule has 23 heavy (non-hydrogen) atoms. The minimum Gasteiger partial charge on any atom is -0.489 e. The third-order valence-electron chi connectivity index (χ3n) is 3.96. The number of aryl methyl sites for hydroxylation is 1. The van der Waals surface area contributed by atoms with E-state index in [0.717, 1.165) is 22.3 Å². The summed E-state index contributed by atoms with van der Waals surface area (Å²) < 4.78 is 11.3.